The molecule has 0 radical (unpaired) electrons. The lowest BCUT2D eigenvalue weighted by molar-refractivity contribution is -0.122. The maximum Gasteiger partial charge on any atom is 0.220 e. The van der Waals surface area contributed by atoms with Crippen molar-refractivity contribution in [3.8, 4) is 0 Å². The Morgan fingerprint density at radius 1 is 1.35 bits per heavy atom. The minimum atomic E-state index is 0.154. The van der Waals surface area contributed by atoms with Crippen LogP contribution >= 0.6 is 0 Å². The summed E-state index contributed by atoms with van der Waals surface area (Å²) in [4.78, 5) is 15.1. The predicted molar refractivity (Wildman–Crippen MR) is 80.4 cm³/mol. The van der Waals surface area contributed by atoms with Gasteiger partial charge in [0.05, 0.1) is 0 Å². The van der Waals surface area contributed by atoms with E-state index in [0.29, 0.717) is 12.5 Å². The number of fused-ring (bicyclic) bond motifs is 1. The third kappa shape index (κ3) is 2.85. The number of nitrogens with one attached hydrogen (secondary N) is 2. The van der Waals surface area contributed by atoms with Crippen molar-refractivity contribution in [2.24, 2.45) is 5.73 Å². The van der Waals surface area contributed by atoms with Crippen LogP contribution in [0.2, 0.25) is 0 Å². The molecular weight excluding hydrogens is 250 g/mol. The number of hydrogen-bond acceptors (Lipinski definition) is 2. The third-order valence-corrected chi connectivity index (χ3v) is 4.06. The third-order valence-electron chi connectivity index (χ3n) is 4.06. The summed E-state index contributed by atoms with van der Waals surface area (Å²) in [6.45, 7) is 0. The number of nitrogens with two attached hydrogens (primary N) is 1. The molecule has 0 bridgehead atoms. The van der Waals surface area contributed by atoms with E-state index in [4.69, 9.17) is 5.73 Å². The number of para-hydroxylation sites is 1. The summed E-state index contributed by atoms with van der Waals surface area (Å²) in [6.07, 6.45) is 6.30. The Hall–Kier alpha value is -1.81. The van der Waals surface area contributed by atoms with Crippen molar-refractivity contribution in [3.63, 3.8) is 0 Å². The smallest absolute Gasteiger partial charge is 0.220 e. The van der Waals surface area contributed by atoms with Crippen LogP contribution in [-0.2, 0) is 11.2 Å². The number of aryl methyl sites for hydroxylation is 1. The number of aromatic amines is 1. The van der Waals surface area contributed by atoms with Gasteiger partial charge in [-0.2, -0.15) is 0 Å². The number of H-pyrrole nitrogens is 1. The van der Waals surface area contributed by atoms with E-state index in [9.17, 15) is 4.79 Å². The first-order valence-corrected chi connectivity index (χ1v) is 7.32. The van der Waals surface area contributed by atoms with Gasteiger partial charge in [-0.05, 0) is 37.3 Å². The van der Waals surface area contributed by atoms with Gasteiger partial charge in [0, 0.05) is 35.6 Å². The number of carbonyl (C=O) groups excluding carboxylic acids is 1. The van der Waals surface area contributed by atoms with Gasteiger partial charge in [0.15, 0.2) is 0 Å². The van der Waals surface area contributed by atoms with Crippen molar-refractivity contribution in [2.45, 2.75) is 44.2 Å². The van der Waals surface area contributed by atoms with Gasteiger partial charge in [0.2, 0.25) is 5.91 Å². The zero-order valence-electron chi connectivity index (χ0n) is 11.6. The summed E-state index contributed by atoms with van der Waals surface area (Å²) in [6, 6.07) is 8.87. The zero-order chi connectivity index (χ0) is 13.9. The van der Waals surface area contributed by atoms with Crippen LogP contribution in [0.25, 0.3) is 10.9 Å². The second-order valence-electron chi connectivity index (χ2n) is 5.71. The second kappa shape index (κ2) is 5.67. The molecule has 1 aromatic heterocycles. The highest BCUT2D eigenvalue weighted by molar-refractivity contribution is 5.83. The van der Waals surface area contributed by atoms with E-state index in [1.165, 1.54) is 10.9 Å². The summed E-state index contributed by atoms with van der Waals surface area (Å²) in [5.41, 5.74) is 8.16. The molecule has 0 saturated heterocycles. The summed E-state index contributed by atoms with van der Waals surface area (Å²) in [5.74, 6) is 0.154. The predicted octanol–water partition coefficient (Wildman–Crippen LogP) is 2.10. The highest BCUT2D eigenvalue weighted by Crippen LogP contribution is 2.20. The van der Waals surface area contributed by atoms with Crippen LogP contribution in [0.15, 0.2) is 30.5 Å². The molecular formula is C16H21N3O. The molecule has 0 spiro atoms. The molecule has 1 aliphatic carbocycles. The largest absolute Gasteiger partial charge is 0.361 e. The average molecular weight is 271 g/mol. The molecule has 3 rings (SSSR count). The molecule has 1 saturated carbocycles. The van der Waals surface area contributed by atoms with Crippen molar-refractivity contribution in [1.29, 1.82) is 0 Å². The Morgan fingerprint density at radius 2 is 2.15 bits per heavy atom. The van der Waals surface area contributed by atoms with Gasteiger partial charge >= 0.3 is 0 Å². The molecule has 106 valence electrons. The molecule has 4 N–H and O–H groups in total. The van der Waals surface area contributed by atoms with Gasteiger partial charge in [-0.15, -0.1) is 0 Å². The molecule has 2 aromatic rings. The van der Waals surface area contributed by atoms with Crippen molar-refractivity contribution < 1.29 is 4.79 Å². The highest BCUT2D eigenvalue weighted by Gasteiger charge is 2.26. The van der Waals surface area contributed by atoms with E-state index in [1.807, 2.05) is 18.3 Å². The lowest BCUT2D eigenvalue weighted by Crippen LogP contribution is -2.50. The van der Waals surface area contributed by atoms with Gasteiger partial charge < -0.3 is 16.0 Å². The zero-order valence-corrected chi connectivity index (χ0v) is 11.6. The summed E-state index contributed by atoms with van der Waals surface area (Å²) in [5, 5.41) is 4.30. The van der Waals surface area contributed by atoms with E-state index < -0.39 is 0 Å². The SMILES string of the molecule is NC1CC(NC(=O)CCCc2c[nH]c3ccccc23)C1. The van der Waals surface area contributed by atoms with Gasteiger partial charge in [0.25, 0.3) is 0 Å². The van der Waals surface area contributed by atoms with E-state index in [-0.39, 0.29) is 11.9 Å². The van der Waals surface area contributed by atoms with Crippen molar-refractivity contribution in [1.82, 2.24) is 10.3 Å². The first-order valence-electron chi connectivity index (χ1n) is 7.32. The number of benzene rings is 1. The molecule has 4 heteroatoms. The molecule has 1 aliphatic rings. The van der Waals surface area contributed by atoms with E-state index in [2.05, 4.69) is 22.4 Å². The second-order valence-corrected chi connectivity index (χ2v) is 5.71. The Bertz CT molecular complexity index is 599. The number of hydrogen-bond donors (Lipinski definition) is 3. The molecule has 0 atom stereocenters. The summed E-state index contributed by atoms with van der Waals surface area (Å²) < 4.78 is 0. The van der Waals surface area contributed by atoms with Crippen LogP contribution in [0.4, 0.5) is 0 Å². The Labute approximate surface area is 118 Å². The topological polar surface area (TPSA) is 70.9 Å². The maximum absolute atomic E-state index is 11.8. The monoisotopic (exact) mass is 271 g/mol. The van der Waals surface area contributed by atoms with Crippen molar-refractivity contribution in [2.75, 3.05) is 0 Å². The maximum atomic E-state index is 11.8. The number of aromatic nitrogens is 1. The first-order chi connectivity index (χ1) is 9.72. The van der Waals surface area contributed by atoms with Crippen molar-refractivity contribution >= 4 is 16.8 Å². The summed E-state index contributed by atoms with van der Waals surface area (Å²) >= 11 is 0. The normalized spacial score (nSPS) is 21.6. The first kappa shape index (κ1) is 13.2. The fourth-order valence-corrected chi connectivity index (χ4v) is 2.86. The van der Waals surface area contributed by atoms with Crippen LogP contribution in [-0.4, -0.2) is 23.0 Å². The number of carbonyl (C=O) groups is 1. The molecule has 20 heavy (non-hydrogen) atoms. The standard InChI is InChI=1S/C16H21N3O/c17-12-8-13(9-12)19-16(20)7-3-4-11-10-18-15-6-2-1-5-14(11)15/h1-2,5-6,10,12-13,18H,3-4,7-9,17H2,(H,19,20). The minimum absolute atomic E-state index is 0.154. The molecule has 0 aliphatic heterocycles. The van der Waals surface area contributed by atoms with E-state index >= 15 is 0 Å². The minimum Gasteiger partial charge on any atom is -0.361 e. The Balaban J connectivity index is 1.46. The summed E-state index contributed by atoms with van der Waals surface area (Å²) in [7, 11) is 0. The lowest BCUT2D eigenvalue weighted by atomic mass is 9.87. The Morgan fingerprint density at radius 3 is 2.95 bits per heavy atom. The van der Waals surface area contributed by atoms with Crippen LogP contribution in [0, 0.1) is 0 Å². The molecule has 1 amide bonds. The molecule has 1 fully saturated rings. The highest BCUT2D eigenvalue weighted by atomic mass is 16.1. The van der Waals surface area contributed by atoms with Crippen LogP contribution < -0.4 is 11.1 Å². The Kier molecular flexibility index (Phi) is 3.74. The van der Waals surface area contributed by atoms with E-state index in [1.54, 1.807) is 0 Å². The van der Waals surface area contributed by atoms with Crippen molar-refractivity contribution in [3.05, 3.63) is 36.0 Å². The van der Waals surface area contributed by atoms with Crippen LogP contribution in [0.5, 0.6) is 0 Å². The van der Waals surface area contributed by atoms with Crippen LogP contribution in [0.3, 0.4) is 0 Å². The van der Waals surface area contributed by atoms with Crippen LogP contribution in [0.1, 0.15) is 31.2 Å². The van der Waals surface area contributed by atoms with Gasteiger partial charge in [-0.3, -0.25) is 4.79 Å². The van der Waals surface area contributed by atoms with E-state index in [0.717, 1.165) is 31.2 Å². The molecule has 0 unspecified atom stereocenters. The fourth-order valence-electron chi connectivity index (χ4n) is 2.86. The number of rotatable bonds is 5. The van der Waals surface area contributed by atoms with Gasteiger partial charge in [0.1, 0.15) is 0 Å². The number of amides is 1. The lowest BCUT2D eigenvalue weighted by Gasteiger charge is -2.32. The van der Waals surface area contributed by atoms with Gasteiger partial charge in [-0.25, -0.2) is 0 Å². The average Bonchev–Trinajstić information content (AvgIpc) is 2.81. The fraction of sp³-hybridized carbons (Fsp3) is 0.438. The molecule has 1 aromatic carbocycles. The quantitative estimate of drug-likeness (QED) is 0.779. The molecule has 1 heterocycles. The van der Waals surface area contributed by atoms with Gasteiger partial charge in [-0.1, -0.05) is 18.2 Å². The molecule has 4 nitrogen and oxygen atoms in total.